The van der Waals surface area contributed by atoms with Crippen molar-refractivity contribution >= 4 is 63.5 Å². The SMILES string of the molecule is CCOC(=O)C1=NN(c2ccccc2Cl)C2(S1)SC(C(=O)OCC)=C(C)N2c1ccccc1. The predicted molar refractivity (Wildman–Crippen MR) is 134 cm³/mol. The third-order valence-corrected chi connectivity index (χ3v) is 8.05. The lowest BCUT2D eigenvalue weighted by molar-refractivity contribution is -0.137. The molecule has 1 atom stereocenters. The van der Waals surface area contributed by atoms with Gasteiger partial charge in [-0.05, 0) is 56.8 Å². The van der Waals surface area contributed by atoms with E-state index in [0.717, 1.165) is 5.69 Å². The summed E-state index contributed by atoms with van der Waals surface area (Å²) in [6, 6.07) is 16.9. The lowest BCUT2D eigenvalue weighted by Gasteiger charge is -2.41. The van der Waals surface area contributed by atoms with Gasteiger partial charge in [0.1, 0.15) is 4.91 Å². The van der Waals surface area contributed by atoms with E-state index in [4.69, 9.17) is 21.1 Å². The van der Waals surface area contributed by atoms with Crippen molar-refractivity contribution in [1.82, 2.24) is 0 Å². The second-order valence-corrected chi connectivity index (χ2v) is 9.95. The molecule has 10 heteroatoms. The van der Waals surface area contributed by atoms with Crippen molar-refractivity contribution in [3.63, 3.8) is 0 Å². The minimum absolute atomic E-state index is 0.170. The van der Waals surface area contributed by atoms with Gasteiger partial charge in [-0.1, -0.05) is 53.7 Å². The number of ether oxygens (including phenoxy) is 2. The van der Waals surface area contributed by atoms with Crippen LogP contribution in [0.3, 0.4) is 0 Å². The molecule has 7 nitrogen and oxygen atoms in total. The molecule has 0 saturated carbocycles. The number of para-hydroxylation sites is 2. The fourth-order valence-corrected chi connectivity index (χ4v) is 6.69. The van der Waals surface area contributed by atoms with E-state index >= 15 is 0 Å². The van der Waals surface area contributed by atoms with Crippen molar-refractivity contribution in [2.24, 2.45) is 5.10 Å². The lowest BCUT2D eigenvalue weighted by Crippen LogP contribution is -2.49. The molecule has 0 saturated heterocycles. The molecule has 2 aliphatic rings. The monoisotopic (exact) mass is 503 g/mol. The Morgan fingerprint density at radius 2 is 1.61 bits per heavy atom. The fourth-order valence-electron chi connectivity index (χ4n) is 3.54. The molecule has 2 aromatic rings. The Morgan fingerprint density at radius 1 is 0.970 bits per heavy atom. The third kappa shape index (κ3) is 4.20. The molecular weight excluding hydrogens is 482 g/mol. The number of hydrazone groups is 1. The van der Waals surface area contributed by atoms with Crippen LogP contribution in [0.5, 0.6) is 0 Å². The Balaban J connectivity index is 1.90. The van der Waals surface area contributed by atoms with Crippen LogP contribution in [0.4, 0.5) is 11.4 Å². The van der Waals surface area contributed by atoms with Gasteiger partial charge in [0, 0.05) is 11.4 Å². The van der Waals surface area contributed by atoms with E-state index in [1.165, 1.54) is 23.5 Å². The van der Waals surface area contributed by atoms with Crippen LogP contribution >= 0.6 is 35.1 Å². The molecule has 2 aliphatic heterocycles. The molecule has 4 rings (SSSR count). The van der Waals surface area contributed by atoms with E-state index in [9.17, 15) is 9.59 Å². The van der Waals surface area contributed by atoms with Crippen LogP contribution in [-0.4, -0.2) is 34.5 Å². The maximum Gasteiger partial charge on any atom is 0.365 e. The molecule has 1 unspecified atom stereocenters. The predicted octanol–water partition coefficient (Wildman–Crippen LogP) is 5.43. The Hall–Kier alpha value is -2.62. The average molecular weight is 504 g/mol. The molecule has 0 N–H and O–H groups in total. The first-order valence-corrected chi connectivity index (χ1v) is 12.4. The first-order valence-electron chi connectivity index (χ1n) is 10.3. The van der Waals surface area contributed by atoms with Gasteiger partial charge in [-0.25, -0.2) is 14.6 Å². The van der Waals surface area contributed by atoms with Crippen LogP contribution in [0.2, 0.25) is 5.02 Å². The minimum atomic E-state index is -1.07. The molecule has 2 aromatic carbocycles. The Morgan fingerprint density at radius 3 is 2.27 bits per heavy atom. The number of esters is 2. The zero-order valence-electron chi connectivity index (χ0n) is 18.3. The van der Waals surface area contributed by atoms with Crippen LogP contribution in [-0.2, 0) is 19.1 Å². The fraction of sp³-hybridized carbons (Fsp3) is 0.261. The number of hydrogen-bond acceptors (Lipinski definition) is 9. The van der Waals surface area contributed by atoms with Gasteiger partial charge >= 0.3 is 11.9 Å². The number of hydrogen-bond donors (Lipinski definition) is 0. The van der Waals surface area contributed by atoms with Gasteiger partial charge in [0.05, 0.1) is 23.9 Å². The second-order valence-electron chi connectivity index (χ2n) is 6.95. The molecule has 172 valence electrons. The Kier molecular flexibility index (Phi) is 6.92. The number of benzene rings is 2. The van der Waals surface area contributed by atoms with E-state index in [0.29, 0.717) is 21.3 Å². The summed E-state index contributed by atoms with van der Waals surface area (Å²) in [6.07, 6.45) is 0. The molecule has 1 spiro atoms. The van der Waals surface area contributed by atoms with Crippen molar-refractivity contribution in [3.8, 4) is 0 Å². The van der Waals surface area contributed by atoms with Crippen molar-refractivity contribution in [1.29, 1.82) is 0 Å². The average Bonchev–Trinajstić information content (AvgIpc) is 3.33. The Labute approximate surface area is 205 Å². The van der Waals surface area contributed by atoms with Crippen molar-refractivity contribution < 1.29 is 19.1 Å². The van der Waals surface area contributed by atoms with Gasteiger partial charge in [-0.3, -0.25) is 0 Å². The molecule has 0 aromatic heterocycles. The van der Waals surface area contributed by atoms with Crippen LogP contribution in [0.1, 0.15) is 20.8 Å². The summed E-state index contributed by atoms with van der Waals surface area (Å²) in [4.78, 5) is 28.0. The summed E-state index contributed by atoms with van der Waals surface area (Å²) < 4.78 is 9.51. The smallest absolute Gasteiger partial charge is 0.365 e. The zero-order chi connectivity index (χ0) is 23.6. The van der Waals surface area contributed by atoms with Crippen LogP contribution < -0.4 is 9.91 Å². The zero-order valence-corrected chi connectivity index (χ0v) is 20.7. The van der Waals surface area contributed by atoms with Crippen molar-refractivity contribution in [3.05, 3.63) is 70.2 Å². The number of halogens is 1. The van der Waals surface area contributed by atoms with Gasteiger partial charge in [-0.2, -0.15) is 5.10 Å². The summed E-state index contributed by atoms with van der Waals surface area (Å²) in [5, 5.41) is 6.95. The Bertz CT molecular complexity index is 1140. The number of carbonyl (C=O) groups is 2. The maximum atomic E-state index is 12.9. The number of carbonyl (C=O) groups excluding carboxylic acids is 2. The summed E-state index contributed by atoms with van der Waals surface area (Å²) in [5.74, 6) is -0.964. The minimum Gasteiger partial charge on any atom is -0.462 e. The molecular formula is C23H22ClN3O4S2. The highest BCUT2D eigenvalue weighted by molar-refractivity contribution is 8.29. The molecule has 0 bridgehead atoms. The van der Waals surface area contributed by atoms with Gasteiger partial charge in [0.2, 0.25) is 9.37 Å². The topological polar surface area (TPSA) is 71.4 Å². The van der Waals surface area contributed by atoms with Crippen molar-refractivity contribution in [2.75, 3.05) is 23.1 Å². The van der Waals surface area contributed by atoms with Crippen LogP contribution in [0, 0.1) is 0 Å². The summed E-state index contributed by atoms with van der Waals surface area (Å²) in [5.41, 5.74) is 2.11. The molecule has 2 heterocycles. The highest BCUT2D eigenvalue weighted by Crippen LogP contribution is 2.60. The van der Waals surface area contributed by atoms with Crippen LogP contribution in [0.15, 0.2) is 70.3 Å². The number of allylic oxidation sites excluding steroid dienone is 1. The van der Waals surface area contributed by atoms with Gasteiger partial charge in [0.25, 0.3) is 0 Å². The number of rotatable bonds is 6. The standard InChI is InChI=1S/C23H22ClN3O4S2/c1-4-30-21(28)19-15(3)26(16-11-7-6-8-12-16)23(32-19)27(18-14-10-9-13-17(18)24)25-20(33-23)22(29)31-5-2/h6-14H,4-5H2,1-3H3. The van der Waals surface area contributed by atoms with Crippen molar-refractivity contribution in [2.45, 2.75) is 25.1 Å². The molecule has 0 radical (unpaired) electrons. The van der Waals surface area contributed by atoms with E-state index in [1.54, 1.807) is 24.9 Å². The third-order valence-electron chi connectivity index (χ3n) is 4.88. The first-order chi connectivity index (χ1) is 15.9. The van der Waals surface area contributed by atoms with E-state index < -0.39 is 16.3 Å². The number of thioether (sulfide) groups is 2. The van der Waals surface area contributed by atoms with E-state index in [1.807, 2.05) is 60.4 Å². The molecule has 33 heavy (non-hydrogen) atoms. The normalized spacial score (nSPS) is 19.8. The number of anilines is 2. The summed E-state index contributed by atoms with van der Waals surface area (Å²) >= 11 is 9.04. The molecule has 0 aliphatic carbocycles. The second kappa shape index (κ2) is 9.70. The maximum absolute atomic E-state index is 12.9. The summed E-state index contributed by atoms with van der Waals surface area (Å²) in [7, 11) is 0. The molecule has 0 amide bonds. The highest BCUT2D eigenvalue weighted by Gasteiger charge is 2.58. The van der Waals surface area contributed by atoms with E-state index in [-0.39, 0.29) is 18.3 Å². The summed E-state index contributed by atoms with van der Waals surface area (Å²) in [6.45, 7) is 5.83. The number of nitrogens with zero attached hydrogens (tertiary/aromatic N) is 3. The van der Waals surface area contributed by atoms with Crippen LogP contribution in [0.25, 0.3) is 0 Å². The first kappa shape index (κ1) is 23.5. The van der Waals surface area contributed by atoms with Gasteiger partial charge in [-0.15, -0.1) is 0 Å². The van der Waals surface area contributed by atoms with E-state index in [2.05, 4.69) is 5.10 Å². The van der Waals surface area contributed by atoms with Gasteiger partial charge in [0.15, 0.2) is 0 Å². The van der Waals surface area contributed by atoms with Gasteiger partial charge < -0.3 is 14.4 Å². The molecule has 0 fully saturated rings. The largest absolute Gasteiger partial charge is 0.462 e. The highest BCUT2D eigenvalue weighted by atomic mass is 35.5. The quantitative estimate of drug-likeness (QED) is 0.483. The lowest BCUT2D eigenvalue weighted by atomic mass is 10.2.